The lowest BCUT2D eigenvalue weighted by Crippen LogP contribution is -2.22. The molecule has 94 valence electrons. The van der Waals surface area contributed by atoms with Crippen LogP contribution in [-0.4, -0.2) is 22.0 Å². The first-order chi connectivity index (χ1) is 8.56. The Hall–Kier alpha value is -2.15. The minimum atomic E-state index is -1.14. The van der Waals surface area contributed by atoms with E-state index in [4.69, 9.17) is 9.52 Å². The summed E-state index contributed by atoms with van der Waals surface area (Å²) < 4.78 is 5.00. The fraction of sp³-hybridized carbons (Fsp3) is 0.182. The number of amides is 1. The number of nitrogens with zero attached hydrogens (tertiary/aromatic N) is 1. The Balaban J connectivity index is 1.95. The first-order valence-corrected chi connectivity index (χ1v) is 5.96. The van der Waals surface area contributed by atoms with E-state index in [1.165, 1.54) is 23.5 Å². The Kier molecular flexibility index (Phi) is 3.42. The monoisotopic (exact) mass is 266 g/mol. The molecule has 0 spiro atoms. The summed E-state index contributed by atoms with van der Waals surface area (Å²) in [5.74, 6) is -1.22. The highest BCUT2D eigenvalue weighted by Crippen LogP contribution is 2.09. The van der Waals surface area contributed by atoms with Crippen molar-refractivity contribution in [3.63, 3.8) is 0 Å². The van der Waals surface area contributed by atoms with Gasteiger partial charge in [-0.1, -0.05) is 0 Å². The van der Waals surface area contributed by atoms with Crippen molar-refractivity contribution in [3.05, 3.63) is 39.7 Å². The lowest BCUT2D eigenvalue weighted by atomic mass is 10.4. The molecule has 0 saturated carbocycles. The zero-order valence-corrected chi connectivity index (χ0v) is 10.3. The molecular formula is C11H10N2O4S. The van der Waals surface area contributed by atoms with Crippen LogP contribution in [0.2, 0.25) is 0 Å². The topological polar surface area (TPSA) is 92.4 Å². The van der Waals surface area contributed by atoms with E-state index >= 15 is 0 Å². The Morgan fingerprint density at radius 3 is 2.83 bits per heavy atom. The van der Waals surface area contributed by atoms with Gasteiger partial charge in [-0.3, -0.25) is 4.79 Å². The van der Waals surface area contributed by atoms with Gasteiger partial charge in [-0.2, -0.15) is 0 Å². The number of rotatable bonds is 4. The van der Waals surface area contributed by atoms with E-state index < -0.39 is 5.97 Å². The number of carboxylic acids is 1. The molecule has 6 nitrogen and oxygen atoms in total. The molecule has 0 aliphatic carbocycles. The summed E-state index contributed by atoms with van der Waals surface area (Å²) in [5.41, 5.74) is 0.350. The number of hydrogen-bond acceptors (Lipinski definition) is 5. The quantitative estimate of drug-likeness (QED) is 0.878. The smallest absolute Gasteiger partial charge is 0.371 e. The predicted octanol–water partition coefficient (Wildman–Crippen LogP) is 1.67. The maximum absolute atomic E-state index is 11.6. The summed E-state index contributed by atoms with van der Waals surface area (Å²) in [7, 11) is 0. The molecule has 1 amide bonds. The molecule has 0 atom stereocenters. The third-order valence-electron chi connectivity index (χ3n) is 2.15. The molecule has 2 aromatic rings. The van der Waals surface area contributed by atoms with Gasteiger partial charge in [-0.15, -0.1) is 11.3 Å². The highest BCUT2D eigenvalue weighted by molar-refractivity contribution is 7.09. The number of aryl methyl sites for hydroxylation is 1. The van der Waals surface area contributed by atoms with Gasteiger partial charge in [-0.05, 0) is 19.1 Å². The van der Waals surface area contributed by atoms with Crippen molar-refractivity contribution in [1.82, 2.24) is 10.3 Å². The third kappa shape index (κ3) is 2.75. The lowest BCUT2D eigenvalue weighted by molar-refractivity contribution is 0.0660. The van der Waals surface area contributed by atoms with Crippen LogP contribution in [0.1, 0.15) is 31.8 Å². The second kappa shape index (κ2) is 5.01. The van der Waals surface area contributed by atoms with Crippen LogP contribution >= 0.6 is 11.3 Å². The zero-order chi connectivity index (χ0) is 13.1. The van der Waals surface area contributed by atoms with E-state index in [0.29, 0.717) is 11.5 Å². The summed E-state index contributed by atoms with van der Waals surface area (Å²) in [6.07, 6.45) is 0. The standard InChI is InChI=1S/C11H10N2O4S/c1-6-13-8(5-18-6)10(14)12-4-7-2-3-9(17-7)11(15)16/h2-3,5H,4H2,1H3,(H,12,14)(H,15,16). The normalized spacial score (nSPS) is 10.3. The lowest BCUT2D eigenvalue weighted by Gasteiger charge is -1.99. The number of carbonyl (C=O) groups excluding carboxylic acids is 1. The molecule has 2 heterocycles. The molecule has 2 rings (SSSR count). The van der Waals surface area contributed by atoms with Crippen molar-refractivity contribution >= 4 is 23.2 Å². The fourth-order valence-electron chi connectivity index (χ4n) is 1.31. The molecular weight excluding hydrogens is 256 g/mol. The van der Waals surface area contributed by atoms with Crippen LogP contribution in [0.25, 0.3) is 0 Å². The Morgan fingerprint density at radius 1 is 1.50 bits per heavy atom. The molecule has 0 unspecified atom stereocenters. The van der Waals surface area contributed by atoms with Crippen molar-refractivity contribution < 1.29 is 19.1 Å². The zero-order valence-electron chi connectivity index (χ0n) is 9.47. The molecule has 7 heteroatoms. The van der Waals surface area contributed by atoms with Gasteiger partial charge in [0, 0.05) is 5.38 Å². The largest absolute Gasteiger partial charge is 0.475 e. The highest BCUT2D eigenvalue weighted by Gasteiger charge is 2.12. The van der Waals surface area contributed by atoms with Crippen LogP contribution in [0.3, 0.4) is 0 Å². The van der Waals surface area contributed by atoms with Crippen LogP contribution in [-0.2, 0) is 6.54 Å². The molecule has 2 N–H and O–H groups in total. The number of nitrogens with one attached hydrogen (secondary N) is 1. The van der Waals surface area contributed by atoms with Crippen molar-refractivity contribution in [2.24, 2.45) is 0 Å². The summed E-state index contributed by atoms with van der Waals surface area (Å²) >= 11 is 1.39. The van der Waals surface area contributed by atoms with Gasteiger partial charge in [0.05, 0.1) is 11.6 Å². The summed E-state index contributed by atoms with van der Waals surface area (Å²) in [6, 6.07) is 2.85. The number of carbonyl (C=O) groups is 2. The number of carboxylic acid groups (broad SMARTS) is 1. The number of aromatic nitrogens is 1. The first-order valence-electron chi connectivity index (χ1n) is 5.08. The van der Waals surface area contributed by atoms with E-state index in [2.05, 4.69) is 10.3 Å². The SMILES string of the molecule is Cc1nc(C(=O)NCc2ccc(C(=O)O)o2)cs1. The third-order valence-corrected chi connectivity index (χ3v) is 2.92. The molecule has 0 aliphatic rings. The Labute approximate surface area is 106 Å². The molecule has 2 aromatic heterocycles. The summed E-state index contributed by atoms with van der Waals surface area (Å²) in [5, 5.41) is 13.7. The number of thiazole rings is 1. The molecule has 0 saturated heterocycles. The second-order valence-electron chi connectivity index (χ2n) is 3.51. The van der Waals surface area contributed by atoms with Crippen LogP contribution in [0.15, 0.2) is 21.9 Å². The van der Waals surface area contributed by atoms with Crippen LogP contribution in [0.4, 0.5) is 0 Å². The van der Waals surface area contributed by atoms with E-state index in [1.807, 2.05) is 6.92 Å². The van der Waals surface area contributed by atoms with Gasteiger partial charge in [0.25, 0.3) is 5.91 Å². The van der Waals surface area contributed by atoms with E-state index in [1.54, 1.807) is 5.38 Å². The van der Waals surface area contributed by atoms with E-state index in [-0.39, 0.29) is 18.2 Å². The van der Waals surface area contributed by atoms with E-state index in [9.17, 15) is 9.59 Å². The molecule has 0 aromatic carbocycles. The Bertz CT molecular complexity index is 587. The molecule has 0 radical (unpaired) electrons. The number of aromatic carboxylic acids is 1. The minimum absolute atomic E-state index is 0.128. The van der Waals surface area contributed by atoms with Gasteiger partial charge in [0.2, 0.25) is 5.76 Å². The number of furan rings is 1. The van der Waals surface area contributed by atoms with Crippen molar-refractivity contribution in [1.29, 1.82) is 0 Å². The fourth-order valence-corrected chi connectivity index (χ4v) is 1.91. The van der Waals surface area contributed by atoms with Gasteiger partial charge in [0.1, 0.15) is 11.5 Å². The second-order valence-corrected chi connectivity index (χ2v) is 4.57. The minimum Gasteiger partial charge on any atom is -0.475 e. The average molecular weight is 266 g/mol. The molecule has 0 fully saturated rings. The van der Waals surface area contributed by atoms with Crippen LogP contribution in [0, 0.1) is 6.92 Å². The molecule has 0 aliphatic heterocycles. The van der Waals surface area contributed by atoms with Gasteiger partial charge in [0.15, 0.2) is 0 Å². The molecule has 0 bridgehead atoms. The molecule has 18 heavy (non-hydrogen) atoms. The van der Waals surface area contributed by atoms with E-state index in [0.717, 1.165) is 5.01 Å². The van der Waals surface area contributed by atoms with Crippen LogP contribution in [0.5, 0.6) is 0 Å². The maximum Gasteiger partial charge on any atom is 0.371 e. The summed E-state index contributed by atoms with van der Waals surface area (Å²) in [4.78, 5) is 26.3. The van der Waals surface area contributed by atoms with Crippen molar-refractivity contribution in [2.45, 2.75) is 13.5 Å². The van der Waals surface area contributed by atoms with Crippen molar-refractivity contribution in [3.8, 4) is 0 Å². The van der Waals surface area contributed by atoms with Crippen molar-refractivity contribution in [2.75, 3.05) is 0 Å². The maximum atomic E-state index is 11.6. The average Bonchev–Trinajstić information content (AvgIpc) is 2.94. The van der Waals surface area contributed by atoms with Gasteiger partial charge >= 0.3 is 5.97 Å². The Morgan fingerprint density at radius 2 is 2.28 bits per heavy atom. The highest BCUT2D eigenvalue weighted by atomic mass is 32.1. The predicted molar refractivity (Wildman–Crippen MR) is 63.7 cm³/mol. The van der Waals surface area contributed by atoms with Crippen LogP contribution < -0.4 is 5.32 Å². The van der Waals surface area contributed by atoms with Gasteiger partial charge in [-0.25, -0.2) is 9.78 Å². The van der Waals surface area contributed by atoms with Gasteiger partial charge < -0.3 is 14.8 Å². The number of hydrogen-bond donors (Lipinski definition) is 2. The summed E-state index contributed by atoms with van der Waals surface area (Å²) in [6.45, 7) is 1.94. The first kappa shape index (κ1) is 12.3.